The number of rotatable bonds is 2. The normalized spacial score (nSPS) is 11.1. The molecule has 1 aromatic heterocycles. The van der Waals surface area contributed by atoms with Crippen molar-refractivity contribution in [1.29, 1.82) is 0 Å². The Morgan fingerprint density at radius 2 is 2.29 bits per heavy atom. The first kappa shape index (κ1) is 9.15. The predicted molar refractivity (Wildman–Crippen MR) is 53.4 cm³/mol. The van der Waals surface area contributed by atoms with Gasteiger partial charge in [0, 0.05) is 19.0 Å². The molecule has 0 aliphatic carbocycles. The molecule has 0 bridgehead atoms. The van der Waals surface area contributed by atoms with Crippen molar-refractivity contribution in [2.24, 2.45) is 7.05 Å². The molecule has 4 heteroatoms. The van der Waals surface area contributed by atoms with Gasteiger partial charge in [0.1, 0.15) is 5.82 Å². The molecule has 1 heterocycles. The molecule has 0 fully saturated rings. The lowest BCUT2D eigenvalue weighted by Gasteiger charge is -2.00. The lowest BCUT2D eigenvalue weighted by molar-refractivity contribution is 0.629. The summed E-state index contributed by atoms with van der Waals surface area (Å²) in [5, 5.41) is 8.20. The van der Waals surface area contributed by atoms with Gasteiger partial charge in [0.2, 0.25) is 0 Å². The molecule has 0 atom stereocenters. The van der Waals surface area contributed by atoms with Crippen molar-refractivity contribution in [3.05, 3.63) is 29.7 Å². The van der Waals surface area contributed by atoms with E-state index in [-0.39, 0.29) is 5.82 Å². The highest BCUT2D eigenvalue weighted by molar-refractivity contribution is 5.81. The third-order valence-corrected chi connectivity index (χ3v) is 2.26. The van der Waals surface area contributed by atoms with E-state index in [1.54, 1.807) is 10.7 Å². The van der Waals surface area contributed by atoms with Crippen molar-refractivity contribution < 1.29 is 4.39 Å². The monoisotopic (exact) mass is 193 g/mol. The van der Waals surface area contributed by atoms with Gasteiger partial charge >= 0.3 is 0 Å². The first-order chi connectivity index (χ1) is 6.72. The number of benzene rings is 1. The molecule has 0 saturated carbocycles. The second kappa shape index (κ2) is 3.38. The zero-order valence-electron chi connectivity index (χ0n) is 8.21. The fraction of sp³-hybridized carbons (Fsp3) is 0.300. The van der Waals surface area contributed by atoms with Crippen LogP contribution in [0.2, 0.25) is 0 Å². The number of nitrogens with zero attached hydrogens (tertiary/aromatic N) is 2. The van der Waals surface area contributed by atoms with Crippen LogP contribution in [0.1, 0.15) is 5.69 Å². The molecule has 14 heavy (non-hydrogen) atoms. The van der Waals surface area contributed by atoms with Crippen LogP contribution in [0, 0.1) is 5.82 Å². The summed E-state index contributed by atoms with van der Waals surface area (Å²) in [6.45, 7) is 0.691. The van der Waals surface area contributed by atoms with E-state index < -0.39 is 0 Å². The molecule has 2 rings (SSSR count). The molecule has 1 aromatic carbocycles. The second-order valence-corrected chi connectivity index (χ2v) is 3.26. The Kier molecular flexibility index (Phi) is 2.21. The molecule has 0 unspecified atom stereocenters. The van der Waals surface area contributed by atoms with Gasteiger partial charge in [0.25, 0.3) is 0 Å². The summed E-state index contributed by atoms with van der Waals surface area (Å²) in [5.74, 6) is -0.220. The van der Waals surface area contributed by atoms with Gasteiger partial charge in [-0.25, -0.2) is 4.39 Å². The van der Waals surface area contributed by atoms with Crippen molar-refractivity contribution >= 4 is 10.9 Å². The van der Waals surface area contributed by atoms with Gasteiger partial charge in [-0.05, 0) is 25.2 Å². The zero-order chi connectivity index (χ0) is 10.1. The van der Waals surface area contributed by atoms with Crippen LogP contribution in [0.25, 0.3) is 10.9 Å². The number of aromatic nitrogens is 2. The molecular formula is C10H12FN3. The highest BCUT2D eigenvalue weighted by Gasteiger charge is 2.08. The summed E-state index contributed by atoms with van der Waals surface area (Å²) in [4.78, 5) is 0. The number of nitrogens with one attached hydrogen (secondary N) is 1. The number of fused-ring (bicyclic) bond motifs is 1. The molecule has 0 radical (unpaired) electrons. The Labute approximate surface area is 81.5 Å². The Bertz CT molecular complexity index is 462. The average Bonchev–Trinajstić information content (AvgIpc) is 2.45. The maximum absolute atomic E-state index is 13.0. The van der Waals surface area contributed by atoms with Crippen LogP contribution in [0.4, 0.5) is 4.39 Å². The molecule has 0 aliphatic rings. The fourth-order valence-electron chi connectivity index (χ4n) is 1.60. The predicted octanol–water partition coefficient (Wildman–Crippen LogP) is 1.43. The van der Waals surface area contributed by atoms with Crippen LogP contribution in [0.15, 0.2) is 18.2 Å². The van der Waals surface area contributed by atoms with Crippen molar-refractivity contribution in [3.63, 3.8) is 0 Å². The number of halogens is 1. The molecule has 1 N–H and O–H groups in total. The van der Waals surface area contributed by atoms with E-state index in [2.05, 4.69) is 10.4 Å². The Morgan fingerprint density at radius 1 is 1.50 bits per heavy atom. The first-order valence-electron chi connectivity index (χ1n) is 4.48. The first-order valence-corrected chi connectivity index (χ1v) is 4.48. The number of aryl methyl sites for hydroxylation is 1. The zero-order valence-corrected chi connectivity index (χ0v) is 8.21. The van der Waals surface area contributed by atoms with Gasteiger partial charge < -0.3 is 5.32 Å². The summed E-state index contributed by atoms with van der Waals surface area (Å²) in [6, 6.07) is 4.65. The van der Waals surface area contributed by atoms with E-state index in [4.69, 9.17) is 0 Å². The molecular weight excluding hydrogens is 181 g/mol. The quantitative estimate of drug-likeness (QED) is 0.782. The smallest absolute Gasteiger partial charge is 0.124 e. The van der Waals surface area contributed by atoms with Crippen LogP contribution in [0.3, 0.4) is 0 Å². The summed E-state index contributed by atoms with van der Waals surface area (Å²) >= 11 is 0. The molecule has 2 aromatic rings. The molecule has 3 nitrogen and oxygen atoms in total. The standard InChI is InChI=1S/C10H12FN3/c1-12-6-10-8-5-7(11)3-4-9(8)13-14(10)2/h3-5,12H,6H2,1-2H3. The van der Waals surface area contributed by atoms with Crippen molar-refractivity contribution in [2.75, 3.05) is 7.05 Å². The average molecular weight is 193 g/mol. The molecule has 74 valence electrons. The van der Waals surface area contributed by atoms with Crippen LogP contribution in [-0.4, -0.2) is 16.8 Å². The van der Waals surface area contributed by atoms with Gasteiger partial charge in [-0.15, -0.1) is 0 Å². The summed E-state index contributed by atoms with van der Waals surface area (Å²) in [5.41, 5.74) is 1.83. The van der Waals surface area contributed by atoms with Crippen LogP contribution in [-0.2, 0) is 13.6 Å². The van der Waals surface area contributed by atoms with E-state index in [0.29, 0.717) is 6.54 Å². The van der Waals surface area contributed by atoms with Crippen molar-refractivity contribution in [2.45, 2.75) is 6.54 Å². The molecule has 0 amide bonds. The lowest BCUT2D eigenvalue weighted by Crippen LogP contribution is -2.09. The van der Waals surface area contributed by atoms with E-state index in [1.807, 2.05) is 14.1 Å². The van der Waals surface area contributed by atoms with E-state index in [9.17, 15) is 4.39 Å². The van der Waals surface area contributed by atoms with Crippen molar-refractivity contribution in [1.82, 2.24) is 15.1 Å². The SMILES string of the molecule is CNCc1c2cc(F)ccc2nn1C. The summed E-state index contributed by atoms with van der Waals surface area (Å²) < 4.78 is 14.8. The Balaban J connectivity index is 2.66. The largest absolute Gasteiger partial charge is 0.314 e. The minimum atomic E-state index is -0.220. The third kappa shape index (κ3) is 1.37. The molecule has 0 spiro atoms. The van der Waals surface area contributed by atoms with Gasteiger partial charge in [-0.2, -0.15) is 5.10 Å². The van der Waals surface area contributed by atoms with Gasteiger partial charge in [-0.3, -0.25) is 4.68 Å². The summed E-state index contributed by atoms with van der Waals surface area (Å²) in [6.07, 6.45) is 0. The van der Waals surface area contributed by atoms with Crippen LogP contribution >= 0.6 is 0 Å². The van der Waals surface area contributed by atoms with Crippen LogP contribution < -0.4 is 5.32 Å². The third-order valence-electron chi connectivity index (χ3n) is 2.26. The minimum Gasteiger partial charge on any atom is -0.314 e. The Hall–Kier alpha value is -1.42. The van der Waals surface area contributed by atoms with E-state index in [1.165, 1.54) is 12.1 Å². The maximum Gasteiger partial charge on any atom is 0.124 e. The van der Waals surface area contributed by atoms with Gasteiger partial charge in [-0.1, -0.05) is 0 Å². The Morgan fingerprint density at radius 3 is 3.00 bits per heavy atom. The summed E-state index contributed by atoms with van der Waals surface area (Å²) in [7, 11) is 3.72. The number of hydrogen-bond acceptors (Lipinski definition) is 2. The highest BCUT2D eigenvalue weighted by atomic mass is 19.1. The second-order valence-electron chi connectivity index (χ2n) is 3.26. The topological polar surface area (TPSA) is 29.9 Å². The molecule has 0 aliphatic heterocycles. The van der Waals surface area contributed by atoms with E-state index >= 15 is 0 Å². The van der Waals surface area contributed by atoms with E-state index in [0.717, 1.165) is 16.6 Å². The maximum atomic E-state index is 13.0. The van der Waals surface area contributed by atoms with Crippen LogP contribution in [0.5, 0.6) is 0 Å². The van der Waals surface area contributed by atoms with Gasteiger partial charge in [0.05, 0.1) is 11.2 Å². The number of hydrogen-bond donors (Lipinski definition) is 1. The van der Waals surface area contributed by atoms with Gasteiger partial charge in [0.15, 0.2) is 0 Å². The van der Waals surface area contributed by atoms with Crippen molar-refractivity contribution in [3.8, 4) is 0 Å². The lowest BCUT2D eigenvalue weighted by atomic mass is 10.2. The molecule has 0 saturated heterocycles. The fourth-order valence-corrected chi connectivity index (χ4v) is 1.60. The minimum absolute atomic E-state index is 0.220. The highest BCUT2D eigenvalue weighted by Crippen LogP contribution is 2.18.